The molecule has 2 N–H and O–H groups in total. The molecule has 0 radical (unpaired) electrons. The molecule has 0 aromatic heterocycles. The van der Waals surface area contributed by atoms with Gasteiger partial charge in [0, 0.05) is 45.9 Å². The molecule has 1 heterocycles. The van der Waals surface area contributed by atoms with Crippen LogP contribution in [0.1, 0.15) is 44.2 Å². The molecule has 0 saturated carbocycles. The zero-order valence-corrected chi connectivity index (χ0v) is 20.8. The molecule has 0 spiro atoms. The van der Waals surface area contributed by atoms with E-state index < -0.39 is 0 Å². The normalized spacial score (nSPS) is 15.7. The average molecular weight is 518 g/mol. The second kappa shape index (κ2) is 14.8. The van der Waals surface area contributed by atoms with Gasteiger partial charge in [0.15, 0.2) is 5.96 Å². The topological polar surface area (TPSA) is 58.1 Å². The van der Waals surface area contributed by atoms with Crippen molar-refractivity contribution in [3.63, 3.8) is 0 Å². The molecule has 1 fully saturated rings. The lowest BCUT2D eigenvalue weighted by molar-refractivity contribution is 0.155. The third-order valence-electron chi connectivity index (χ3n) is 5.05. The van der Waals surface area contributed by atoms with Gasteiger partial charge in [-0.3, -0.25) is 0 Å². The molecule has 166 valence electrons. The lowest BCUT2D eigenvalue weighted by Gasteiger charge is -2.33. The van der Waals surface area contributed by atoms with Crippen molar-refractivity contribution in [2.75, 3.05) is 46.5 Å². The fourth-order valence-corrected chi connectivity index (χ4v) is 3.54. The average Bonchev–Trinajstić information content (AvgIpc) is 2.70. The summed E-state index contributed by atoms with van der Waals surface area (Å²) in [6, 6.07) is 6.79. The number of aliphatic imine (C=N–C) groups is 1. The van der Waals surface area contributed by atoms with Gasteiger partial charge in [-0.15, -0.1) is 24.0 Å². The third-order valence-corrected chi connectivity index (χ3v) is 5.05. The van der Waals surface area contributed by atoms with Crippen LogP contribution in [0.5, 0.6) is 5.75 Å². The van der Waals surface area contributed by atoms with Crippen LogP contribution in [0.25, 0.3) is 0 Å². The van der Waals surface area contributed by atoms with E-state index in [-0.39, 0.29) is 24.0 Å². The Morgan fingerprint density at radius 2 is 2.00 bits per heavy atom. The van der Waals surface area contributed by atoms with Gasteiger partial charge in [-0.2, -0.15) is 0 Å². The van der Waals surface area contributed by atoms with E-state index in [1.807, 2.05) is 13.0 Å². The fraction of sp³-hybridized carbons (Fsp3) is 0.682. The minimum atomic E-state index is 0. The van der Waals surface area contributed by atoms with Gasteiger partial charge in [-0.05, 0) is 57.2 Å². The largest absolute Gasteiger partial charge is 0.494 e. The molecule has 6 nitrogen and oxygen atoms in total. The lowest BCUT2D eigenvalue weighted by atomic mass is 10.1. The molecule has 29 heavy (non-hydrogen) atoms. The van der Waals surface area contributed by atoms with E-state index in [9.17, 15) is 0 Å². The van der Waals surface area contributed by atoms with Crippen LogP contribution in [0.15, 0.2) is 23.2 Å². The summed E-state index contributed by atoms with van der Waals surface area (Å²) in [5, 5.41) is 7.01. The van der Waals surface area contributed by atoms with E-state index in [4.69, 9.17) is 14.5 Å². The van der Waals surface area contributed by atoms with Gasteiger partial charge in [-0.25, -0.2) is 4.99 Å². The number of rotatable bonds is 10. The number of likely N-dealkylation sites (tertiary alicyclic amines) is 1. The molecule has 1 aliphatic rings. The van der Waals surface area contributed by atoms with E-state index in [1.54, 1.807) is 7.11 Å². The predicted molar refractivity (Wildman–Crippen MR) is 132 cm³/mol. The van der Waals surface area contributed by atoms with Crippen LogP contribution >= 0.6 is 24.0 Å². The Morgan fingerprint density at radius 3 is 2.62 bits per heavy atom. The van der Waals surface area contributed by atoms with Crippen LogP contribution in [0.3, 0.4) is 0 Å². The van der Waals surface area contributed by atoms with Gasteiger partial charge in [0.1, 0.15) is 5.75 Å². The van der Waals surface area contributed by atoms with E-state index in [1.165, 1.54) is 5.56 Å². The zero-order valence-electron chi connectivity index (χ0n) is 18.5. The molecule has 0 aliphatic carbocycles. The summed E-state index contributed by atoms with van der Waals surface area (Å²) in [5.41, 5.74) is 2.36. The van der Waals surface area contributed by atoms with Crippen molar-refractivity contribution >= 4 is 29.9 Å². The standard InChI is InChI=1S/C22H38N4O2.HI/c1-5-23-22(24-17-19-8-9-21(28-6-2)18(3)16-19)25-20-10-13-26(14-11-20)12-7-15-27-4;/h8-9,16,20H,5-7,10-15,17H2,1-4H3,(H2,23,24,25);1H. The Kier molecular flexibility index (Phi) is 13.3. The monoisotopic (exact) mass is 518 g/mol. The second-order valence-corrected chi connectivity index (χ2v) is 7.33. The fourth-order valence-electron chi connectivity index (χ4n) is 3.54. The summed E-state index contributed by atoms with van der Waals surface area (Å²) in [5.74, 6) is 1.87. The Balaban J connectivity index is 0.00000420. The molecule has 1 aromatic carbocycles. The first-order chi connectivity index (χ1) is 13.7. The maximum atomic E-state index is 5.62. The summed E-state index contributed by atoms with van der Waals surface area (Å²) in [7, 11) is 1.77. The summed E-state index contributed by atoms with van der Waals surface area (Å²) in [6.45, 7) is 12.7. The van der Waals surface area contributed by atoms with Crippen LogP contribution < -0.4 is 15.4 Å². The summed E-state index contributed by atoms with van der Waals surface area (Å²) < 4.78 is 10.8. The smallest absolute Gasteiger partial charge is 0.191 e. The lowest BCUT2D eigenvalue weighted by Crippen LogP contribution is -2.48. The van der Waals surface area contributed by atoms with Gasteiger partial charge in [0.25, 0.3) is 0 Å². The molecule has 1 aromatic rings. The first-order valence-corrected chi connectivity index (χ1v) is 10.6. The number of hydrogen-bond acceptors (Lipinski definition) is 4. The van der Waals surface area contributed by atoms with Crippen molar-refractivity contribution in [2.24, 2.45) is 4.99 Å². The molecule has 0 amide bonds. The maximum absolute atomic E-state index is 5.62. The number of nitrogens with zero attached hydrogens (tertiary/aromatic N) is 2. The number of piperidine rings is 1. The van der Waals surface area contributed by atoms with Gasteiger partial charge >= 0.3 is 0 Å². The van der Waals surface area contributed by atoms with Crippen LogP contribution in [0, 0.1) is 6.92 Å². The SMILES string of the molecule is CCNC(=NCc1ccc(OCC)c(C)c1)NC1CCN(CCCOC)CC1.I. The molecular formula is C22H39IN4O2. The van der Waals surface area contributed by atoms with Crippen LogP contribution in [0.2, 0.25) is 0 Å². The first kappa shape index (κ1) is 26.0. The van der Waals surface area contributed by atoms with Crippen molar-refractivity contribution in [1.29, 1.82) is 0 Å². The number of nitrogens with one attached hydrogen (secondary N) is 2. The minimum Gasteiger partial charge on any atom is -0.494 e. The number of halogens is 1. The highest BCUT2D eigenvalue weighted by Crippen LogP contribution is 2.19. The second-order valence-electron chi connectivity index (χ2n) is 7.33. The van der Waals surface area contributed by atoms with Crippen LogP contribution in [-0.2, 0) is 11.3 Å². The highest BCUT2D eigenvalue weighted by Gasteiger charge is 2.19. The van der Waals surface area contributed by atoms with Crippen molar-refractivity contribution in [1.82, 2.24) is 15.5 Å². The first-order valence-electron chi connectivity index (χ1n) is 10.6. The number of ether oxygens (including phenoxy) is 2. The number of aryl methyl sites for hydroxylation is 1. The Bertz CT molecular complexity index is 604. The van der Waals surface area contributed by atoms with Gasteiger partial charge in [-0.1, -0.05) is 12.1 Å². The van der Waals surface area contributed by atoms with Gasteiger partial charge in [0.05, 0.1) is 13.2 Å². The van der Waals surface area contributed by atoms with Gasteiger partial charge in [0.2, 0.25) is 0 Å². The third kappa shape index (κ3) is 9.53. The minimum absolute atomic E-state index is 0. The van der Waals surface area contributed by atoms with Crippen LogP contribution in [0.4, 0.5) is 0 Å². The molecule has 1 aliphatic heterocycles. The molecule has 2 rings (SSSR count). The molecule has 0 atom stereocenters. The number of hydrogen-bond donors (Lipinski definition) is 2. The predicted octanol–water partition coefficient (Wildman–Crippen LogP) is 3.57. The van der Waals surface area contributed by atoms with Crippen molar-refractivity contribution in [3.8, 4) is 5.75 Å². The van der Waals surface area contributed by atoms with E-state index in [2.05, 4.69) is 41.5 Å². The van der Waals surface area contributed by atoms with E-state index >= 15 is 0 Å². The van der Waals surface area contributed by atoms with Gasteiger partial charge < -0.3 is 25.0 Å². The van der Waals surface area contributed by atoms with E-state index in [0.717, 1.165) is 69.3 Å². The van der Waals surface area contributed by atoms with Crippen molar-refractivity contribution in [2.45, 2.75) is 52.6 Å². The van der Waals surface area contributed by atoms with Crippen molar-refractivity contribution in [3.05, 3.63) is 29.3 Å². The quantitative estimate of drug-likeness (QED) is 0.215. The zero-order chi connectivity index (χ0) is 20.2. The molecule has 0 bridgehead atoms. The van der Waals surface area contributed by atoms with E-state index in [0.29, 0.717) is 19.2 Å². The molecule has 1 saturated heterocycles. The summed E-state index contributed by atoms with van der Waals surface area (Å²) >= 11 is 0. The number of benzene rings is 1. The molecule has 0 unspecified atom stereocenters. The maximum Gasteiger partial charge on any atom is 0.191 e. The van der Waals surface area contributed by atoms with Crippen LogP contribution in [-0.4, -0.2) is 63.4 Å². The number of methoxy groups -OCH3 is 1. The Morgan fingerprint density at radius 1 is 1.24 bits per heavy atom. The summed E-state index contributed by atoms with van der Waals surface area (Å²) in [6.07, 6.45) is 3.42. The highest BCUT2D eigenvalue weighted by atomic mass is 127. The van der Waals surface area contributed by atoms with Crippen molar-refractivity contribution < 1.29 is 9.47 Å². The molecule has 7 heteroatoms. The molecular weight excluding hydrogens is 479 g/mol. The Hall–Kier alpha value is -1.06. The summed E-state index contributed by atoms with van der Waals surface area (Å²) in [4.78, 5) is 7.33. The number of guanidine groups is 1. The Labute approximate surface area is 193 Å². The highest BCUT2D eigenvalue weighted by molar-refractivity contribution is 14.0.